The summed E-state index contributed by atoms with van der Waals surface area (Å²) in [5, 5.41) is 0. The van der Waals surface area contributed by atoms with Gasteiger partial charge in [-0.05, 0) is 25.0 Å². The van der Waals surface area contributed by atoms with Crippen molar-refractivity contribution in [3.8, 4) is 0 Å². The molecule has 0 aromatic heterocycles. The lowest BCUT2D eigenvalue weighted by Crippen LogP contribution is -2.58. The molecule has 2 aliphatic heterocycles. The number of fused-ring (bicyclic) bond motifs is 2. The van der Waals surface area contributed by atoms with Crippen LogP contribution in [0.3, 0.4) is 0 Å². The van der Waals surface area contributed by atoms with Gasteiger partial charge in [-0.1, -0.05) is 23.8 Å². The third-order valence-corrected chi connectivity index (χ3v) is 3.79. The zero-order chi connectivity index (χ0) is 10.5. The first kappa shape index (κ1) is 9.37. The molecule has 15 heavy (non-hydrogen) atoms. The van der Waals surface area contributed by atoms with Gasteiger partial charge in [0.1, 0.15) is 0 Å². The third-order valence-electron chi connectivity index (χ3n) is 3.79. The second-order valence-electron chi connectivity index (χ2n) is 4.76. The molecule has 0 saturated carbocycles. The predicted octanol–water partition coefficient (Wildman–Crippen LogP) is 2.18. The Morgan fingerprint density at radius 3 is 2.87 bits per heavy atom. The zero-order valence-electron chi connectivity index (χ0n) is 9.25. The van der Waals surface area contributed by atoms with Crippen LogP contribution in [0.4, 0.5) is 0 Å². The molecule has 0 N–H and O–H groups in total. The maximum absolute atomic E-state index is 5.68. The van der Waals surface area contributed by atoms with Crippen molar-refractivity contribution in [1.29, 1.82) is 0 Å². The SMILES string of the molecule is Cc1ccc2c(c1)C1(COC2)COC1C. The number of hydrogen-bond acceptors (Lipinski definition) is 2. The molecule has 2 aliphatic rings. The minimum absolute atomic E-state index is 0.138. The molecular weight excluding hydrogens is 188 g/mol. The maximum Gasteiger partial charge on any atom is 0.0720 e. The minimum Gasteiger partial charge on any atom is -0.376 e. The number of aryl methyl sites for hydroxylation is 1. The predicted molar refractivity (Wildman–Crippen MR) is 57.9 cm³/mol. The van der Waals surface area contributed by atoms with E-state index in [1.54, 1.807) is 0 Å². The molecule has 0 aliphatic carbocycles. The molecule has 0 radical (unpaired) electrons. The van der Waals surface area contributed by atoms with Crippen molar-refractivity contribution in [2.75, 3.05) is 13.2 Å². The van der Waals surface area contributed by atoms with Gasteiger partial charge in [-0.3, -0.25) is 0 Å². The molecule has 2 nitrogen and oxygen atoms in total. The second-order valence-corrected chi connectivity index (χ2v) is 4.76. The number of benzene rings is 1. The normalized spacial score (nSPS) is 33.6. The van der Waals surface area contributed by atoms with E-state index in [1.165, 1.54) is 16.7 Å². The monoisotopic (exact) mass is 204 g/mol. The van der Waals surface area contributed by atoms with Gasteiger partial charge in [0.05, 0.1) is 31.3 Å². The van der Waals surface area contributed by atoms with Crippen molar-refractivity contribution >= 4 is 0 Å². The van der Waals surface area contributed by atoms with E-state index in [1.807, 2.05) is 0 Å². The summed E-state index contributed by atoms with van der Waals surface area (Å²) in [6, 6.07) is 6.65. The van der Waals surface area contributed by atoms with Crippen LogP contribution in [-0.4, -0.2) is 19.3 Å². The first-order valence-corrected chi connectivity index (χ1v) is 5.52. The summed E-state index contributed by atoms with van der Waals surface area (Å²) in [4.78, 5) is 0. The fraction of sp³-hybridized carbons (Fsp3) is 0.538. The number of hydrogen-bond donors (Lipinski definition) is 0. The van der Waals surface area contributed by atoms with Crippen molar-refractivity contribution in [3.63, 3.8) is 0 Å². The summed E-state index contributed by atoms with van der Waals surface area (Å²) >= 11 is 0. The Morgan fingerprint density at radius 2 is 2.20 bits per heavy atom. The first-order valence-electron chi connectivity index (χ1n) is 5.52. The molecule has 1 fully saturated rings. The fourth-order valence-corrected chi connectivity index (χ4v) is 2.61. The summed E-state index contributed by atoms with van der Waals surface area (Å²) in [5.41, 5.74) is 4.25. The van der Waals surface area contributed by atoms with E-state index < -0.39 is 0 Å². The molecule has 0 amide bonds. The van der Waals surface area contributed by atoms with E-state index in [2.05, 4.69) is 32.0 Å². The highest BCUT2D eigenvalue weighted by atomic mass is 16.5. The third kappa shape index (κ3) is 1.18. The Labute approximate surface area is 90.2 Å². The van der Waals surface area contributed by atoms with Crippen LogP contribution in [0.2, 0.25) is 0 Å². The molecule has 2 heteroatoms. The van der Waals surface area contributed by atoms with E-state index in [9.17, 15) is 0 Å². The molecule has 3 rings (SSSR count). The van der Waals surface area contributed by atoms with Crippen molar-refractivity contribution in [3.05, 3.63) is 34.9 Å². The lowest BCUT2D eigenvalue weighted by molar-refractivity contribution is -0.165. The highest BCUT2D eigenvalue weighted by Gasteiger charge is 2.50. The average Bonchev–Trinajstić information content (AvgIpc) is 2.26. The molecule has 2 heterocycles. The summed E-state index contributed by atoms with van der Waals surface area (Å²) < 4.78 is 11.2. The lowest BCUT2D eigenvalue weighted by Gasteiger charge is -2.50. The van der Waals surface area contributed by atoms with Gasteiger partial charge >= 0.3 is 0 Å². The standard InChI is InChI=1S/C13H16O2/c1-9-3-4-11-6-14-7-13(12(11)5-9)8-15-10(13)2/h3-5,10H,6-8H2,1-2H3. The molecule has 2 unspecified atom stereocenters. The highest BCUT2D eigenvalue weighted by molar-refractivity contribution is 5.41. The summed E-state index contributed by atoms with van der Waals surface area (Å²) in [6.07, 6.45) is 0.290. The molecule has 1 aromatic carbocycles. The van der Waals surface area contributed by atoms with Crippen molar-refractivity contribution in [2.24, 2.45) is 0 Å². The van der Waals surface area contributed by atoms with Crippen LogP contribution < -0.4 is 0 Å². The largest absolute Gasteiger partial charge is 0.376 e. The number of ether oxygens (including phenoxy) is 2. The van der Waals surface area contributed by atoms with Crippen LogP contribution in [0.1, 0.15) is 23.6 Å². The quantitative estimate of drug-likeness (QED) is 0.645. The summed E-state index contributed by atoms with van der Waals surface area (Å²) in [5.74, 6) is 0. The van der Waals surface area contributed by atoms with E-state index in [0.29, 0.717) is 6.10 Å². The van der Waals surface area contributed by atoms with Crippen molar-refractivity contribution < 1.29 is 9.47 Å². The van der Waals surface area contributed by atoms with Crippen LogP contribution in [0.15, 0.2) is 18.2 Å². The topological polar surface area (TPSA) is 18.5 Å². The lowest BCUT2D eigenvalue weighted by atomic mass is 9.70. The Bertz CT molecular complexity index is 400. The molecule has 0 bridgehead atoms. The van der Waals surface area contributed by atoms with Crippen LogP contribution in [0.25, 0.3) is 0 Å². The van der Waals surface area contributed by atoms with Gasteiger partial charge in [-0.2, -0.15) is 0 Å². The molecule has 1 saturated heterocycles. The van der Waals surface area contributed by atoms with E-state index in [-0.39, 0.29) is 5.41 Å². The van der Waals surface area contributed by atoms with Gasteiger partial charge < -0.3 is 9.47 Å². The first-order chi connectivity index (χ1) is 7.22. The van der Waals surface area contributed by atoms with Gasteiger partial charge in [-0.25, -0.2) is 0 Å². The van der Waals surface area contributed by atoms with E-state index in [4.69, 9.17) is 9.47 Å². The van der Waals surface area contributed by atoms with E-state index in [0.717, 1.165) is 19.8 Å². The molecule has 2 atom stereocenters. The van der Waals surface area contributed by atoms with Crippen LogP contribution in [-0.2, 0) is 21.5 Å². The van der Waals surface area contributed by atoms with Crippen molar-refractivity contribution in [1.82, 2.24) is 0 Å². The van der Waals surface area contributed by atoms with Crippen LogP contribution in [0, 0.1) is 6.92 Å². The van der Waals surface area contributed by atoms with Gasteiger partial charge in [0, 0.05) is 0 Å². The van der Waals surface area contributed by atoms with Gasteiger partial charge in [-0.15, -0.1) is 0 Å². The Balaban J connectivity index is 2.13. The molecular formula is C13H16O2. The molecule has 1 spiro atoms. The fourth-order valence-electron chi connectivity index (χ4n) is 2.61. The minimum atomic E-state index is 0.138. The van der Waals surface area contributed by atoms with Crippen LogP contribution in [0.5, 0.6) is 0 Å². The van der Waals surface area contributed by atoms with Gasteiger partial charge in [0.2, 0.25) is 0 Å². The Morgan fingerprint density at radius 1 is 1.33 bits per heavy atom. The zero-order valence-corrected chi connectivity index (χ0v) is 9.25. The Hall–Kier alpha value is -0.860. The van der Waals surface area contributed by atoms with Gasteiger partial charge in [0.25, 0.3) is 0 Å². The smallest absolute Gasteiger partial charge is 0.0720 e. The molecule has 80 valence electrons. The van der Waals surface area contributed by atoms with E-state index >= 15 is 0 Å². The Kier molecular flexibility index (Phi) is 1.91. The second kappa shape index (κ2) is 3.06. The highest BCUT2D eigenvalue weighted by Crippen LogP contribution is 2.43. The maximum atomic E-state index is 5.68. The van der Waals surface area contributed by atoms with Crippen molar-refractivity contribution in [2.45, 2.75) is 32.0 Å². The van der Waals surface area contributed by atoms with Crippen LogP contribution >= 0.6 is 0 Å². The van der Waals surface area contributed by atoms with Gasteiger partial charge in [0.15, 0.2) is 0 Å². The summed E-state index contributed by atoms with van der Waals surface area (Å²) in [7, 11) is 0. The average molecular weight is 204 g/mol. The molecule has 1 aromatic rings. The summed E-state index contributed by atoms with van der Waals surface area (Å²) in [6.45, 7) is 6.66. The number of rotatable bonds is 0.